The number of rotatable bonds is 4. The van der Waals surface area contributed by atoms with Crippen LogP contribution in [-0.4, -0.2) is 23.2 Å². The van der Waals surface area contributed by atoms with Crippen molar-refractivity contribution in [3.05, 3.63) is 35.1 Å². The van der Waals surface area contributed by atoms with Gasteiger partial charge in [0, 0.05) is 17.7 Å². The van der Waals surface area contributed by atoms with Crippen molar-refractivity contribution in [3.63, 3.8) is 0 Å². The molecule has 0 aliphatic heterocycles. The lowest BCUT2D eigenvalue weighted by Crippen LogP contribution is -2.44. The Labute approximate surface area is 101 Å². The molecule has 4 heteroatoms. The zero-order chi connectivity index (χ0) is 13.1. The molecule has 94 valence electrons. The number of amides is 1. The molecular weight excluding hydrogens is 221 g/mol. The monoisotopic (exact) mass is 239 g/mol. The van der Waals surface area contributed by atoms with Crippen molar-refractivity contribution in [2.24, 2.45) is 0 Å². The largest absolute Gasteiger partial charge is 0.396 e. The minimum Gasteiger partial charge on any atom is -0.396 e. The Bertz CT molecular complexity index is 416. The molecule has 0 radical (unpaired) electrons. The van der Waals surface area contributed by atoms with Crippen LogP contribution in [0.3, 0.4) is 0 Å². The van der Waals surface area contributed by atoms with Gasteiger partial charge in [-0.15, -0.1) is 0 Å². The second-order valence-electron chi connectivity index (χ2n) is 4.78. The van der Waals surface area contributed by atoms with Gasteiger partial charge in [0.25, 0.3) is 5.91 Å². The smallest absolute Gasteiger partial charge is 0.251 e. The second-order valence-corrected chi connectivity index (χ2v) is 4.78. The standard InChI is InChI=1S/C13H18FNO2/c1-9-4-5-10(8-11(9)14)12(17)15-13(2,3)6-7-16/h4-5,8,16H,6-7H2,1-3H3,(H,15,17). The van der Waals surface area contributed by atoms with E-state index in [1.165, 1.54) is 6.07 Å². The molecule has 0 bridgehead atoms. The number of halogens is 1. The number of aliphatic hydroxyl groups is 1. The summed E-state index contributed by atoms with van der Waals surface area (Å²) in [5.41, 5.74) is 0.294. The van der Waals surface area contributed by atoms with E-state index in [2.05, 4.69) is 5.32 Å². The van der Waals surface area contributed by atoms with Gasteiger partial charge in [0.15, 0.2) is 0 Å². The fraction of sp³-hybridized carbons (Fsp3) is 0.462. The average molecular weight is 239 g/mol. The van der Waals surface area contributed by atoms with Crippen molar-refractivity contribution < 1.29 is 14.3 Å². The van der Waals surface area contributed by atoms with Crippen LogP contribution in [0.5, 0.6) is 0 Å². The third kappa shape index (κ3) is 3.82. The molecule has 0 aromatic heterocycles. The summed E-state index contributed by atoms with van der Waals surface area (Å²) in [6, 6.07) is 4.38. The molecule has 0 saturated carbocycles. The van der Waals surface area contributed by atoms with Crippen molar-refractivity contribution in [1.29, 1.82) is 0 Å². The van der Waals surface area contributed by atoms with Crippen LogP contribution in [0.1, 0.15) is 36.2 Å². The van der Waals surface area contributed by atoms with Crippen LogP contribution < -0.4 is 5.32 Å². The molecule has 0 saturated heterocycles. The first-order chi connectivity index (χ1) is 7.85. The van der Waals surface area contributed by atoms with Gasteiger partial charge in [-0.05, 0) is 44.9 Å². The molecule has 0 unspecified atom stereocenters. The summed E-state index contributed by atoms with van der Waals surface area (Å²) in [4.78, 5) is 11.8. The van der Waals surface area contributed by atoms with Gasteiger partial charge in [0.1, 0.15) is 5.82 Å². The molecule has 0 aliphatic carbocycles. The lowest BCUT2D eigenvalue weighted by Gasteiger charge is -2.25. The number of hydrogen-bond acceptors (Lipinski definition) is 2. The van der Waals surface area contributed by atoms with Crippen LogP contribution in [0.25, 0.3) is 0 Å². The van der Waals surface area contributed by atoms with Crippen LogP contribution >= 0.6 is 0 Å². The summed E-state index contributed by atoms with van der Waals surface area (Å²) in [5, 5.41) is 11.6. The van der Waals surface area contributed by atoms with Crippen LogP contribution in [0.4, 0.5) is 4.39 Å². The molecule has 1 aromatic carbocycles. The maximum absolute atomic E-state index is 13.3. The summed E-state index contributed by atoms with van der Waals surface area (Å²) in [6.45, 7) is 5.26. The van der Waals surface area contributed by atoms with Crippen LogP contribution in [-0.2, 0) is 0 Å². The summed E-state index contributed by atoms with van der Waals surface area (Å²) < 4.78 is 13.3. The number of carbonyl (C=O) groups is 1. The highest BCUT2D eigenvalue weighted by molar-refractivity contribution is 5.94. The minimum absolute atomic E-state index is 0.00443. The molecule has 17 heavy (non-hydrogen) atoms. The number of aliphatic hydroxyl groups excluding tert-OH is 1. The van der Waals surface area contributed by atoms with Gasteiger partial charge in [-0.1, -0.05) is 6.07 Å². The van der Waals surface area contributed by atoms with Gasteiger partial charge in [-0.2, -0.15) is 0 Å². The SMILES string of the molecule is Cc1ccc(C(=O)NC(C)(C)CCO)cc1F. The van der Waals surface area contributed by atoms with Crippen LogP contribution in [0.2, 0.25) is 0 Å². The highest BCUT2D eigenvalue weighted by Gasteiger charge is 2.20. The first-order valence-corrected chi connectivity index (χ1v) is 5.55. The van der Waals surface area contributed by atoms with Crippen LogP contribution in [0, 0.1) is 12.7 Å². The summed E-state index contributed by atoms with van der Waals surface area (Å²) >= 11 is 0. The van der Waals surface area contributed by atoms with E-state index >= 15 is 0 Å². The molecule has 0 atom stereocenters. The van der Waals surface area contributed by atoms with Gasteiger partial charge in [0.2, 0.25) is 0 Å². The third-order valence-corrected chi connectivity index (χ3v) is 2.62. The Morgan fingerprint density at radius 2 is 2.12 bits per heavy atom. The topological polar surface area (TPSA) is 49.3 Å². The van der Waals surface area contributed by atoms with E-state index in [1.54, 1.807) is 19.1 Å². The lowest BCUT2D eigenvalue weighted by molar-refractivity contribution is 0.0899. The maximum atomic E-state index is 13.3. The summed E-state index contributed by atoms with van der Waals surface area (Å²) in [7, 11) is 0. The van der Waals surface area contributed by atoms with Crippen LogP contribution in [0.15, 0.2) is 18.2 Å². The minimum atomic E-state index is -0.507. The van der Waals surface area contributed by atoms with Gasteiger partial charge in [0.05, 0.1) is 0 Å². The molecule has 1 amide bonds. The second kappa shape index (κ2) is 5.27. The van der Waals surface area contributed by atoms with E-state index in [9.17, 15) is 9.18 Å². The van der Waals surface area contributed by atoms with Crippen molar-refractivity contribution in [2.75, 3.05) is 6.61 Å². The van der Waals surface area contributed by atoms with E-state index in [-0.39, 0.29) is 12.5 Å². The van der Waals surface area contributed by atoms with Crippen molar-refractivity contribution in [1.82, 2.24) is 5.32 Å². The van der Waals surface area contributed by atoms with Gasteiger partial charge in [-0.3, -0.25) is 4.79 Å². The van der Waals surface area contributed by atoms with Crippen molar-refractivity contribution >= 4 is 5.91 Å². The molecule has 1 aromatic rings. The Morgan fingerprint density at radius 3 is 2.65 bits per heavy atom. The molecule has 2 N–H and O–H groups in total. The van der Waals surface area contributed by atoms with Gasteiger partial charge < -0.3 is 10.4 Å². The first-order valence-electron chi connectivity index (χ1n) is 5.55. The zero-order valence-corrected chi connectivity index (χ0v) is 10.4. The van der Waals surface area contributed by atoms with E-state index in [1.807, 2.05) is 13.8 Å². The van der Waals surface area contributed by atoms with E-state index in [0.29, 0.717) is 17.5 Å². The Morgan fingerprint density at radius 1 is 1.47 bits per heavy atom. The Balaban J connectivity index is 2.80. The molecule has 0 fully saturated rings. The predicted octanol–water partition coefficient (Wildman–Crippen LogP) is 2.02. The number of aryl methyl sites for hydroxylation is 1. The highest BCUT2D eigenvalue weighted by Crippen LogP contribution is 2.12. The molecular formula is C13H18FNO2. The predicted molar refractivity (Wildman–Crippen MR) is 64.4 cm³/mol. The molecule has 0 spiro atoms. The Hall–Kier alpha value is -1.42. The van der Waals surface area contributed by atoms with Crippen molar-refractivity contribution in [2.45, 2.75) is 32.7 Å². The summed E-state index contributed by atoms with van der Waals surface area (Å²) in [5.74, 6) is -0.722. The number of nitrogens with one attached hydrogen (secondary N) is 1. The zero-order valence-electron chi connectivity index (χ0n) is 10.4. The maximum Gasteiger partial charge on any atom is 0.251 e. The van der Waals surface area contributed by atoms with E-state index in [0.717, 1.165) is 0 Å². The average Bonchev–Trinajstić information content (AvgIpc) is 2.21. The van der Waals surface area contributed by atoms with Gasteiger partial charge in [-0.25, -0.2) is 4.39 Å². The lowest BCUT2D eigenvalue weighted by atomic mass is 10.0. The highest BCUT2D eigenvalue weighted by atomic mass is 19.1. The number of carbonyl (C=O) groups excluding carboxylic acids is 1. The fourth-order valence-corrected chi connectivity index (χ4v) is 1.46. The normalized spacial score (nSPS) is 11.4. The summed E-state index contributed by atoms with van der Waals surface area (Å²) in [6.07, 6.45) is 0.451. The molecule has 3 nitrogen and oxygen atoms in total. The quantitative estimate of drug-likeness (QED) is 0.844. The van der Waals surface area contributed by atoms with E-state index < -0.39 is 11.4 Å². The van der Waals surface area contributed by atoms with E-state index in [4.69, 9.17) is 5.11 Å². The molecule has 0 heterocycles. The van der Waals surface area contributed by atoms with Crippen molar-refractivity contribution in [3.8, 4) is 0 Å². The molecule has 0 aliphatic rings. The number of benzene rings is 1. The molecule has 1 rings (SSSR count). The third-order valence-electron chi connectivity index (χ3n) is 2.62. The Kier molecular flexibility index (Phi) is 4.23. The first kappa shape index (κ1) is 13.6. The number of hydrogen-bond donors (Lipinski definition) is 2. The van der Waals surface area contributed by atoms with Gasteiger partial charge >= 0.3 is 0 Å². The fourth-order valence-electron chi connectivity index (χ4n) is 1.46.